The second-order valence-electron chi connectivity index (χ2n) is 6.36. The average Bonchev–Trinajstić information content (AvgIpc) is 2.13. The van der Waals surface area contributed by atoms with Crippen LogP contribution in [0.1, 0.15) is 41.5 Å². The Morgan fingerprint density at radius 1 is 0.778 bits per heavy atom. The fraction of sp³-hybridized carbons (Fsp3) is 0.833. The lowest BCUT2D eigenvalue weighted by molar-refractivity contribution is -0.142. The van der Waals surface area contributed by atoms with Crippen molar-refractivity contribution in [3.63, 3.8) is 0 Å². The predicted molar refractivity (Wildman–Crippen MR) is 70.1 cm³/mol. The Morgan fingerprint density at radius 2 is 0.944 bits per heavy atom. The molecule has 6 nitrogen and oxygen atoms in total. The van der Waals surface area contributed by atoms with E-state index in [0.29, 0.717) is 0 Å². The highest BCUT2D eigenvalue weighted by atomic mass is 16.4. The van der Waals surface area contributed by atoms with Crippen LogP contribution < -0.4 is 11.5 Å². The van der Waals surface area contributed by atoms with Crippen LogP contribution in [0.25, 0.3) is 0 Å². The minimum Gasteiger partial charge on any atom is -0.480 e. The van der Waals surface area contributed by atoms with Gasteiger partial charge in [-0.3, -0.25) is 9.59 Å². The van der Waals surface area contributed by atoms with E-state index in [1.807, 2.05) is 0 Å². The highest BCUT2D eigenvalue weighted by Gasteiger charge is 2.27. The van der Waals surface area contributed by atoms with Crippen LogP contribution in [-0.2, 0) is 9.59 Å². The third-order valence-corrected chi connectivity index (χ3v) is 2.40. The molecule has 0 aliphatic carbocycles. The summed E-state index contributed by atoms with van der Waals surface area (Å²) in [7, 11) is 0. The second kappa shape index (κ2) is 6.70. The van der Waals surface area contributed by atoms with Crippen LogP contribution in [0.5, 0.6) is 0 Å². The van der Waals surface area contributed by atoms with Crippen molar-refractivity contribution < 1.29 is 19.8 Å². The molecular weight excluding hydrogens is 236 g/mol. The third kappa shape index (κ3) is 8.03. The Kier molecular flexibility index (Phi) is 7.15. The van der Waals surface area contributed by atoms with Gasteiger partial charge in [-0.25, -0.2) is 0 Å². The van der Waals surface area contributed by atoms with Gasteiger partial charge in [-0.15, -0.1) is 0 Å². The van der Waals surface area contributed by atoms with Gasteiger partial charge in [0.2, 0.25) is 0 Å². The average molecular weight is 262 g/mol. The molecule has 0 bridgehead atoms. The molecular formula is C12H26N2O4. The van der Waals surface area contributed by atoms with E-state index in [1.165, 1.54) is 0 Å². The smallest absolute Gasteiger partial charge is 0.321 e. The first-order valence-electron chi connectivity index (χ1n) is 5.68. The van der Waals surface area contributed by atoms with Crippen LogP contribution >= 0.6 is 0 Å². The van der Waals surface area contributed by atoms with Crippen molar-refractivity contribution in [2.45, 2.75) is 53.6 Å². The molecule has 0 aliphatic heterocycles. The molecule has 2 atom stereocenters. The zero-order valence-corrected chi connectivity index (χ0v) is 12.0. The lowest BCUT2D eigenvalue weighted by Gasteiger charge is -2.22. The van der Waals surface area contributed by atoms with Crippen molar-refractivity contribution in [3.05, 3.63) is 0 Å². The second-order valence-corrected chi connectivity index (χ2v) is 6.36. The molecule has 6 heteroatoms. The van der Waals surface area contributed by atoms with E-state index in [2.05, 4.69) is 0 Å². The van der Waals surface area contributed by atoms with Gasteiger partial charge >= 0.3 is 11.9 Å². The van der Waals surface area contributed by atoms with Gasteiger partial charge in [0.05, 0.1) is 0 Å². The van der Waals surface area contributed by atoms with E-state index in [1.54, 1.807) is 41.5 Å². The molecule has 0 unspecified atom stereocenters. The molecule has 0 amide bonds. The van der Waals surface area contributed by atoms with Crippen molar-refractivity contribution >= 4 is 11.9 Å². The third-order valence-electron chi connectivity index (χ3n) is 2.40. The minimum atomic E-state index is -0.942. The van der Waals surface area contributed by atoms with Crippen LogP contribution in [-0.4, -0.2) is 34.2 Å². The fourth-order valence-corrected chi connectivity index (χ4v) is 0.741. The Labute approximate surface area is 108 Å². The number of carboxylic acids is 2. The van der Waals surface area contributed by atoms with Gasteiger partial charge in [-0.05, 0) is 10.8 Å². The highest BCUT2D eigenvalue weighted by molar-refractivity contribution is 5.74. The Hall–Kier alpha value is -1.14. The van der Waals surface area contributed by atoms with Crippen molar-refractivity contribution in [1.29, 1.82) is 0 Å². The summed E-state index contributed by atoms with van der Waals surface area (Å²) in [5.74, 6) is -1.88. The molecule has 108 valence electrons. The maximum absolute atomic E-state index is 10.2. The quantitative estimate of drug-likeness (QED) is 0.585. The summed E-state index contributed by atoms with van der Waals surface area (Å²) in [5, 5.41) is 16.8. The van der Waals surface area contributed by atoms with Gasteiger partial charge in [0.1, 0.15) is 12.1 Å². The molecule has 0 aliphatic rings. The SMILES string of the molecule is CC(C)(C)[C@H](N)C(=O)O.CC(C)(C)[C@H](N)C(=O)O. The van der Waals surface area contributed by atoms with Crippen LogP contribution in [0, 0.1) is 10.8 Å². The summed E-state index contributed by atoms with van der Waals surface area (Å²) in [6.07, 6.45) is 0. The Balaban J connectivity index is 0. The van der Waals surface area contributed by atoms with Crippen LogP contribution in [0.2, 0.25) is 0 Å². The van der Waals surface area contributed by atoms with Crippen molar-refractivity contribution in [2.24, 2.45) is 22.3 Å². The topological polar surface area (TPSA) is 127 Å². The molecule has 0 spiro atoms. The predicted octanol–water partition coefficient (Wildman–Crippen LogP) is 0.889. The molecule has 0 aromatic carbocycles. The number of hydrogen-bond acceptors (Lipinski definition) is 4. The molecule has 0 fully saturated rings. The fourth-order valence-electron chi connectivity index (χ4n) is 0.741. The van der Waals surface area contributed by atoms with E-state index in [9.17, 15) is 9.59 Å². The monoisotopic (exact) mass is 262 g/mol. The summed E-state index contributed by atoms with van der Waals surface area (Å²) in [5.41, 5.74) is 9.91. The first kappa shape index (κ1) is 19.2. The first-order chi connectivity index (χ1) is 7.71. The number of carbonyl (C=O) groups is 2. The van der Waals surface area contributed by atoms with Gasteiger partial charge in [0.15, 0.2) is 0 Å². The molecule has 6 N–H and O–H groups in total. The van der Waals surface area contributed by atoms with Crippen LogP contribution in [0.4, 0.5) is 0 Å². The van der Waals surface area contributed by atoms with E-state index in [0.717, 1.165) is 0 Å². The summed E-state index contributed by atoms with van der Waals surface area (Å²) >= 11 is 0. The van der Waals surface area contributed by atoms with Gasteiger partial charge in [-0.1, -0.05) is 41.5 Å². The molecule has 18 heavy (non-hydrogen) atoms. The minimum absolute atomic E-state index is 0.341. The van der Waals surface area contributed by atoms with E-state index in [4.69, 9.17) is 21.7 Å². The first-order valence-corrected chi connectivity index (χ1v) is 5.68. The van der Waals surface area contributed by atoms with Gasteiger partial charge in [0.25, 0.3) is 0 Å². The molecule has 0 radical (unpaired) electrons. The highest BCUT2D eigenvalue weighted by Crippen LogP contribution is 2.17. The molecule has 0 saturated heterocycles. The molecule has 0 rings (SSSR count). The normalized spacial score (nSPS) is 15.1. The largest absolute Gasteiger partial charge is 0.480 e. The number of rotatable bonds is 2. The summed E-state index contributed by atoms with van der Waals surface area (Å²) < 4.78 is 0. The Morgan fingerprint density at radius 3 is 0.944 bits per heavy atom. The maximum atomic E-state index is 10.2. The van der Waals surface area contributed by atoms with E-state index < -0.39 is 24.0 Å². The maximum Gasteiger partial charge on any atom is 0.321 e. The zero-order valence-electron chi connectivity index (χ0n) is 12.0. The molecule has 0 aromatic heterocycles. The van der Waals surface area contributed by atoms with Crippen molar-refractivity contribution in [3.8, 4) is 0 Å². The zero-order chi connectivity index (χ0) is 15.3. The summed E-state index contributed by atoms with van der Waals surface area (Å²) in [6, 6.07) is -1.53. The number of aliphatic carboxylic acids is 2. The molecule has 0 saturated carbocycles. The lowest BCUT2D eigenvalue weighted by Crippen LogP contribution is -2.41. The molecule has 0 aromatic rings. The number of carboxylic acid groups (broad SMARTS) is 2. The summed E-state index contributed by atoms with van der Waals surface area (Å²) in [6.45, 7) is 10.8. The standard InChI is InChI=1S/2C6H13NO2/c2*1-6(2,3)4(7)5(8)9/h2*4H,7H2,1-3H3,(H,8,9)/t2*4-/m11/s1. The number of hydrogen-bond donors (Lipinski definition) is 4. The van der Waals surface area contributed by atoms with E-state index in [-0.39, 0.29) is 10.8 Å². The van der Waals surface area contributed by atoms with Crippen LogP contribution in [0.15, 0.2) is 0 Å². The Bertz CT molecular complexity index is 259. The molecule has 0 heterocycles. The lowest BCUT2D eigenvalue weighted by atomic mass is 9.88. The van der Waals surface area contributed by atoms with Crippen LogP contribution in [0.3, 0.4) is 0 Å². The van der Waals surface area contributed by atoms with Crippen molar-refractivity contribution in [2.75, 3.05) is 0 Å². The van der Waals surface area contributed by atoms with E-state index >= 15 is 0 Å². The number of nitrogens with two attached hydrogens (primary N) is 2. The van der Waals surface area contributed by atoms with Crippen molar-refractivity contribution in [1.82, 2.24) is 0 Å². The summed E-state index contributed by atoms with van der Waals surface area (Å²) in [4.78, 5) is 20.4. The van der Waals surface area contributed by atoms with Gasteiger partial charge < -0.3 is 21.7 Å². The van der Waals surface area contributed by atoms with Gasteiger partial charge in [-0.2, -0.15) is 0 Å². The van der Waals surface area contributed by atoms with Gasteiger partial charge in [0, 0.05) is 0 Å².